The highest BCUT2D eigenvalue weighted by molar-refractivity contribution is 6.32. The van der Waals surface area contributed by atoms with Crippen molar-refractivity contribution in [3.8, 4) is 5.75 Å². The molecule has 0 amide bonds. The molecule has 0 N–H and O–H groups in total. The molecule has 80 valence electrons. The molecular formula is C12H13ClO2. The van der Waals surface area contributed by atoms with Gasteiger partial charge in [0.25, 0.3) is 0 Å². The minimum Gasteiger partial charge on any atom is -0.486 e. The summed E-state index contributed by atoms with van der Waals surface area (Å²) in [5.41, 5.74) is 0. The third kappa shape index (κ3) is 2.74. The van der Waals surface area contributed by atoms with E-state index in [0.717, 1.165) is 13.0 Å². The van der Waals surface area contributed by atoms with Gasteiger partial charge in [0.2, 0.25) is 0 Å². The van der Waals surface area contributed by atoms with Crippen LogP contribution in [0.4, 0.5) is 0 Å². The zero-order valence-corrected chi connectivity index (χ0v) is 9.11. The van der Waals surface area contributed by atoms with Gasteiger partial charge < -0.3 is 9.47 Å². The van der Waals surface area contributed by atoms with Gasteiger partial charge in [-0.05, 0) is 12.1 Å². The molecular weight excluding hydrogens is 212 g/mol. The standard InChI is InChI=1S/C12H13ClO2/c1-2-5-11(12-8-14-12)15-10-7-4-3-6-9(10)13/h2-4,6-7,11-12H,1,5,8H2. The van der Waals surface area contributed by atoms with E-state index in [-0.39, 0.29) is 12.2 Å². The van der Waals surface area contributed by atoms with E-state index in [1.807, 2.05) is 30.3 Å². The van der Waals surface area contributed by atoms with Gasteiger partial charge in [0, 0.05) is 6.42 Å². The summed E-state index contributed by atoms with van der Waals surface area (Å²) in [7, 11) is 0. The molecule has 1 saturated heterocycles. The fourth-order valence-electron chi connectivity index (χ4n) is 1.41. The van der Waals surface area contributed by atoms with E-state index in [1.165, 1.54) is 0 Å². The summed E-state index contributed by atoms with van der Waals surface area (Å²) in [6.45, 7) is 4.47. The van der Waals surface area contributed by atoms with Crippen molar-refractivity contribution in [2.24, 2.45) is 0 Å². The Labute approximate surface area is 94.5 Å². The van der Waals surface area contributed by atoms with E-state index < -0.39 is 0 Å². The van der Waals surface area contributed by atoms with Crippen molar-refractivity contribution in [1.29, 1.82) is 0 Å². The van der Waals surface area contributed by atoms with Gasteiger partial charge in [-0.2, -0.15) is 0 Å². The van der Waals surface area contributed by atoms with Crippen molar-refractivity contribution in [3.05, 3.63) is 41.9 Å². The molecule has 3 heteroatoms. The van der Waals surface area contributed by atoms with E-state index in [2.05, 4.69) is 6.58 Å². The summed E-state index contributed by atoms with van der Waals surface area (Å²) < 4.78 is 11.0. The Morgan fingerprint density at radius 1 is 1.60 bits per heavy atom. The first kappa shape index (κ1) is 10.5. The second-order valence-corrected chi connectivity index (χ2v) is 3.89. The molecule has 1 aliphatic rings. The second-order valence-electron chi connectivity index (χ2n) is 3.48. The summed E-state index contributed by atoms with van der Waals surface area (Å²) in [6, 6.07) is 7.46. The van der Waals surface area contributed by atoms with Gasteiger partial charge in [-0.25, -0.2) is 0 Å². The number of hydrogen-bond donors (Lipinski definition) is 0. The molecule has 2 atom stereocenters. The van der Waals surface area contributed by atoms with Gasteiger partial charge in [-0.15, -0.1) is 6.58 Å². The smallest absolute Gasteiger partial charge is 0.138 e. The average Bonchev–Trinajstić information content (AvgIpc) is 3.04. The van der Waals surface area contributed by atoms with Crippen molar-refractivity contribution < 1.29 is 9.47 Å². The molecule has 1 aromatic carbocycles. The molecule has 2 rings (SSSR count). The van der Waals surface area contributed by atoms with Gasteiger partial charge in [-0.1, -0.05) is 29.8 Å². The van der Waals surface area contributed by atoms with Crippen molar-refractivity contribution in [2.45, 2.75) is 18.6 Å². The van der Waals surface area contributed by atoms with Crippen molar-refractivity contribution >= 4 is 11.6 Å². The maximum atomic E-state index is 6.00. The first-order valence-electron chi connectivity index (χ1n) is 4.95. The summed E-state index contributed by atoms with van der Waals surface area (Å²) in [6.07, 6.45) is 2.83. The highest BCUT2D eigenvalue weighted by Crippen LogP contribution is 2.28. The van der Waals surface area contributed by atoms with E-state index in [4.69, 9.17) is 21.1 Å². The van der Waals surface area contributed by atoms with Gasteiger partial charge in [0.1, 0.15) is 18.0 Å². The topological polar surface area (TPSA) is 21.8 Å². The molecule has 0 aromatic heterocycles. The number of halogens is 1. The highest BCUT2D eigenvalue weighted by Gasteiger charge is 2.33. The molecule has 1 fully saturated rings. The quantitative estimate of drug-likeness (QED) is 0.567. The number of para-hydroxylation sites is 1. The second kappa shape index (κ2) is 4.69. The van der Waals surface area contributed by atoms with Crippen LogP contribution in [0.15, 0.2) is 36.9 Å². The molecule has 0 radical (unpaired) electrons. The molecule has 1 aromatic rings. The van der Waals surface area contributed by atoms with Crippen LogP contribution in [0.25, 0.3) is 0 Å². The minimum atomic E-state index is 0.0300. The first-order chi connectivity index (χ1) is 7.31. The Morgan fingerprint density at radius 3 is 2.93 bits per heavy atom. The predicted molar refractivity (Wildman–Crippen MR) is 60.4 cm³/mol. The SMILES string of the molecule is C=CCC(Oc1ccccc1Cl)C1CO1. The number of ether oxygens (including phenoxy) is 2. The lowest BCUT2D eigenvalue weighted by atomic mass is 10.2. The molecule has 2 unspecified atom stereocenters. The fraction of sp³-hybridized carbons (Fsp3) is 0.333. The van der Waals surface area contributed by atoms with E-state index in [0.29, 0.717) is 10.8 Å². The maximum Gasteiger partial charge on any atom is 0.138 e. The Kier molecular flexibility index (Phi) is 3.29. The summed E-state index contributed by atoms with van der Waals surface area (Å²) in [5.74, 6) is 0.710. The number of epoxide rings is 1. The van der Waals surface area contributed by atoms with E-state index >= 15 is 0 Å². The van der Waals surface area contributed by atoms with Crippen LogP contribution in [0.3, 0.4) is 0 Å². The number of rotatable bonds is 5. The first-order valence-corrected chi connectivity index (χ1v) is 5.32. The van der Waals surface area contributed by atoms with Crippen LogP contribution in [0, 0.1) is 0 Å². The molecule has 1 aliphatic heterocycles. The molecule has 0 spiro atoms. The van der Waals surface area contributed by atoms with E-state index in [1.54, 1.807) is 0 Å². The van der Waals surface area contributed by atoms with Crippen LogP contribution in [-0.4, -0.2) is 18.8 Å². The van der Waals surface area contributed by atoms with Crippen LogP contribution in [0.1, 0.15) is 6.42 Å². The van der Waals surface area contributed by atoms with Crippen LogP contribution >= 0.6 is 11.6 Å². The summed E-state index contributed by atoms with van der Waals surface area (Å²) >= 11 is 6.00. The maximum absolute atomic E-state index is 6.00. The lowest BCUT2D eigenvalue weighted by molar-refractivity contribution is 0.162. The molecule has 0 saturated carbocycles. The summed E-state index contributed by atoms with van der Waals surface area (Å²) in [4.78, 5) is 0. The Morgan fingerprint density at radius 2 is 2.33 bits per heavy atom. The molecule has 1 heterocycles. The normalized spacial score (nSPS) is 20.7. The van der Waals surface area contributed by atoms with Crippen molar-refractivity contribution in [2.75, 3.05) is 6.61 Å². The third-order valence-electron chi connectivity index (χ3n) is 2.29. The van der Waals surface area contributed by atoms with Gasteiger partial charge >= 0.3 is 0 Å². The zero-order chi connectivity index (χ0) is 10.7. The predicted octanol–water partition coefficient (Wildman–Crippen LogP) is 3.06. The Bertz CT molecular complexity index is 347. The van der Waals surface area contributed by atoms with Crippen molar-refractivity contribution in [1.82, 2.24) is 0 Å². The van der Waals surface area contributed by atoms with Crippen LogP contribution in [-0.2, 0) is 4.74 Å². The lowest BCUT2D eigenvalue weighted by Crippen LogP contribution is -2.22. The third-order valence-corrected chi connectivity index (χ3v) is 2.60. The Balaban J connectivity index is 2.05. The van der Waals surface area contributed by atoms with Crippen LogP contribution in [0.5, 0.6) is 5.75 Å². The molecule has 15 heavy (non-hydrogen) atoms. The van der Waals surface area contributed by atoms with Gasteiger partial charge in [0.15, 0.2) is 0 Å². The zero-order valence-electron chi connectivity index (χ0n) is 8.36. The van der Waals surface area contributed by atoms with Gasteiger partial charge in [0.05, 0.1) is 11.6 Å². The fourth-order valence-corrected chi connectivity index (χ4v) is 1.59. The van der Waals surface area contributed by atoms with Crippen LogP contribution in [0.2, 0.25) is 5.02 Å². The molecule has 0 bridgehead atoms. The largest absolute Gasteiger partial charge is 0.486 e. The minimum absolute atomic E-state index is 0.0300. The van der Waals surface area contributed by atoms with Gasteiger partial charge in [-0.3, -0.25) is 0 Å². The van der Waals surface area contributed by atoms with E-state index in [9.17, 15) is 0 Å². The molecule has 2 nitrogen and oxygen atoms in total. The Hall–Kier alpha value is -0.990. The highest BCUT2D eigenvalue weighted by atomic mass is 35.5. The average molecular weight is 225 g/mol. The number of hydrogen-bond acceptors (Lipinski definition) is 2. The number of benzene rings is 1. The molecule has 0 aliphatic carbocycles. The monoisotopic (exact) mass is 224 g/mol. The van der Waals surface area contributed by atoms with Crippen molar-refractivity contribution in [3.63, 3.8) is 0 Å². The van der Waals surface area contributed by atoms with Crippen LogP contribution < -0.4 is 4.74 Å². The summed E-state index contributed by atoms with van der Waals surface area (Å²) in [5, 5.41) is 0.632. The lowest BCUT2D eigenvalue weighted by Gasteiger charge is -2.16.